The maximum absolute atomic E-state index is 6.45. The van der Waals surface area contributed by atoms with E-state index < -0.39 is 0 Å². The van der Waals surface area contributed by atoms with Gasteiger partial charge in [0.25, 0.3) is 0 Å². The van der Waals surface area contributed by atoms with Gasteiger partial charge in [0.2, 0.25) is 0 Å². The van der Waals surface area contributed by atoms with Crippen LogP contribution in [0.5, 0.6) is 0 Å². The Morgan fingerprint density at radius 3 is 2.29 bits per heavy atom. The Kier molecular flexibility index (Phi) is 2.93. The van der Waals surface area contributed by atoms with Gasteiger partial charge in [0, 0.05) is 11.5 Å². The van der Waals surface area contributed by atoms with Gasteiger partial charge in [-0.25, -0.2) is 0 Å². The van der Waals surface area contributed by atoms with Gasteiger partial charge in [0.05, 0.1) is 13.2 Å². The second kappa shape index (κ2) is 4.43. The fourth-order valence-corrected chi connectivity index (χ4v) is 3.00. The van der Waals surface area contributed by atoms with Crippen LogP contribution in [0.4, 0.5) is 0 Å². The van der Waals surface area contributed by atoms with Crippen molar-refractivity contribution in [3.05, 3.63) is 35.4 Å². The summed E-state index contributed by atoms with van der Waals surface area (Å²) in [4.78, 5) is 0. The van der Waals surface area contributed by atoms with Crippen molar-refractivity contribution in [3.63, 3.8) is 0 Å². The van der Waals surface area contributed by atoms with Crippen molar-refractivity contribution in [1.82, 2.24) is 0 Å². The van der Waals surface area contributed by atoms with Gasteiger partial charge in [0.1, 0.15) is 0 Å². The average Bonchev–Trinajstić information content (AvgIpc) is 2.73. The largest absolute Gasteiger partial charge is 0.381 e. The summed E-state index contributed by atoms with van der Waals surface area (Å²) >= 11 is 0. The molecule has 2 nitrogen and oxygen atoms in total. The fraction of sp³-hybridized carbons (Fsp3) is 0.600. The van der Waals surface area contributed by atoms with Crippen molar-refractivity contribution in [2.45, 2.75) is 37.6 Å². The van der Waals surface area contributed by atoms with E-state index in [-0.39, 0.29) is 5.54 Å². The van der Waals surface area contributed by atoms with Gasteiger partial charge in [-0.2, -0.15) is 0 Å². The van der Waals surface area contributed by atoms with Crippen LogP contribution in [0, 0.1) is 5.92 Å². The van der Waals surface area contributed by atoms with Crippen LogP contribution in [0.2, 0.25) is 0 Å². The third-order valence-corrected chi connectivity index (χ3v) is 4.26. The lowest BCUT2D eigenvalue weighted by molar-refractivity contribution is -0.0312. The summed E-state index contributed by atoms with van der Waals surface area (Å²) in [5.74, 6) is 0.735. The van der Waals surface area contributed by atoms with Crippen molar-refractivity contribution in [1.29, 1.82) is 0 Å². The van der Waals surface area contributed by atoms with Crippen molar-refractivity contribution in [2.24, 2.45) is 11.7 Å². The van der Waals surface area contributed by atoms with E-state index in [4.69, 9.17) is 10.5 Å². The maximum atomic E-state index is 6.45. The first-order valence-electron chi connectivity index (χ1n) is 6.72. The smallest absolute Gasteiger partial charge is 0.0519 e. The molecule has 92 valence electrons. The molecule has 1 heterocycles. The highest BCUT2D eigenvalue weighted by Gasteiger charge is 2.31. The van der Waals surface area contributed by atoms with E-state index in [1.165, 1.54) is 24.0 Å². The molecule has 17 heavy (non-hydrogen) atoms. The van der Waals surface area contributed by atoms with Crippen LogP contribution in [0.25, 0.3) is 0 Å². The van der Waals surface area contributed by atoms with Gasteiger partial charge in [-0.05, 0) is 30.4 Å². The maximum Gasteiger partial charge on any atom is 0.0519 e. The number of nitrogens with two attached hydrogens (primary N) is 1. The Labute approximate surface area is 103 Å². The highest BCUT2D eigenvalue weighted by molar-refractivity contribution is 5.29. The first-order valence-corrected chi connectivity index (χ1v) is 6.72. The molecule has 1 aliphatic heterocycles. The number of hydrogen-bond acceptors (Lipinski definition) is 2. The molecule has 1 aliphatic carbocycles. The lowest BCUT2D eigenvalue weighted by Crippen LogP contribution is -2.33. The van der Waals surface area contributed by atoms with Crippen LogP contribution in [-0.4, -0.2) is 13.2 Å². The van der Waals surface area contributed by atoms with Crippen LogP contribution < -0.4 is 5.73 Å². The zero-order valence-electron chi connectivity index (χ0n) is 10.3. The molecule has 1 saturated carbocycles. The van der Waals surface area contributed by atoms with Crippen molar-refractivity contribution in [3.8, 4) is 0 Å². The summed E-state index contributed by atoms with van der Waals surface area (Å²) in [6.45, 7) is 1.87. The third kappa shape index (κ3) is 2.24. The molecule has 0 atom stereocenters. The van der Waals surface area contributed by atoms with Crippen LogP contribution in [0.15, 0.2) is 24.3 Å². The Bertz CT molecular complexity index is 374. The molecule has 2 fully saturated rings. The number of rotatable bonds is 3. The lowest BCUT2D eigenvalue weighted by Gasteiger charge is -2.27. The molecular weight excluding hydrogens is 210 g/mol. The van der Waals surface area contributed by atoms with Gasteiger partial charge < -0.3 is 10.5 Å². The summed E-state index contributed by atoms with van der Waals surface area (Å²) in [5, 5.41) is 0. The Morgan fingerprint density at radius 2 is 1.76 bits per heavy atom. The summed E-state index contributed by atoms with van der Waals surface area (Å²) in [6.07, 6.45) is 5.98. The first kappa shape index (κ1) is 11.2. The number of benzene rings is 1. The van der Waals surface area contributed by atoms with Gasteiger partial charge in [-0.15, -0.1) is 0 Å². The van der Waals surface area contributed by atoms with Crippen molar-refractivity contribution in [2.75, 3.05) is 13.2 Å². The van der Waals surface area contributed by atoms with Crippen LogP contribution >= 0.6 is 0 Å². The molecule has 1 aromatic carbocycles. The number of ether oxygens (including phenoxy) is 1. The predicted molar refractivity (Wildman–Crippen MR) is 68.8 cm³/mol. The molecule has 2 heteroatoms. The molecule has 2 aliphatic rings. The normalized spacial score (nSPS) is 23.6. The van der Waals surface area contributed by atoms with Gasteiger partial charge in [0.15, 0.2) is 0 Å². The van der Waals surface area contributed by atoms with Crippen LogP contribution in [-0.2, 0) is 16.7 Å². The second-order valence-electron chi connectivity index (χ2n) is 5.67. The van der Waals surface area contributed by atoms with E-state index >= 15 is 0 Å². The minimum absolute atomic E-state index is 0.0435. The lowest BCUT2D eigenvalue weighted by atomic mass is 9.88. The Balaban J connectivity index is 1.70. The molecule has 3 rings (SSSR count). The highest BCUT2D eigenvalue weighted by Crippen LogP contribution is 2.36. The van der Waals surface area contributed by atoms with Crippen LogP contribution in [0.3, 0.4) is 0 Å². The monoisotopic (exact) mass is 231 g/mol. The van der Waals surface area contributed by atoms with Gasteiger partial charge in [-0.1, -0.05) is 37.1 Å². The summed E-state index contributed by atoms with van der Waals surface area (Å²) < 4.78 is 5.21. The summed E-state index contributed by atoms with van der Waals surface area (Å²) in [7, 11) is 0. The molecule has 0 radical (unpaired) electrons. The molecule has 0 unspecified atom stereocenters. The van der Waals surface area contributed by atoms with Crippen LogP contribution in [0.1, 0.15) is 36.8 Å². The average molecular weight is 231 g/mol. The Morgan fingerprint density at radius 1 is 1.12 bits per heavy atom. The molecule has 0 spiro atoms. The van der Waals surface area contributed by atoms with E-state index in [1.807, 2.05) is 0 Å². The van der Waals surface area contributed by atoms with E-state index in [0.717, 1.165) is 38.4 Å². The summed E-state index contributed by atoms with van der Waals surface area (Å²) in [6, 6.07) is 8.97. The summed E-state index contributed by atoms with van der Waals surface area (Å²) in [5.41, 5.74) is 9.15. The zero-order valence-corrected chi connectivity index (χ0v) is 10.3. The fourth-order valence-electron chi connectivity index (χ4n) is 3.00. The second-order valence-corrected chi connectivity index (χ2v) is 5.67. The van der Waals surface area contributed by atoms with Crippen molar-refractivity contribution >= 4 is 0 Å². The topological polar surface area (TPSA) is 35.2 Å². The third-order valence-electron chi connectivity index (χ3n) is 4.26. The van der Waals surface area contributed by atoms with E-state index in [9.17, 15) is 0 Å². The zero-order chi connectivity index (χ0) is 11.7. The molecule has 0 amide bonds. The minimum atomic E-state index is -0.0435. The SMILES string of the molecule is NC1(c2ccc(CC3COC3)cc2)CCCC1. The van der Waals surface area contributed by atoms with Gasteiger partial charge >= 0.3 is 0 Å². The molecular formula is C15H21NO. The molecule has 0 bridgehead atoms. The number of hydrogen-bond donors (Lipinski definition) is 1. The molecule has 2 N–H and O–H groups in total. The van der Waals surface area contributed by atoms with E-state index in [1.54, 1.807) is 0 Å². The molecule has 1 aromatic rings. The Hall–Kier alpha value is -0.860. The van der Waals surface area contributed by atoms with Crippen molar-refractivity contribution < 1.29 is 4.74 Å². The predicted octanol–water partition coefficient (Wildman–Crippen LogP) is 2.60. The molecule has 1 saturated heterocycles. The minimum Gasteiger partial charge on any atom is -0.381 e. The van der Waals surface area contributed by atoms with Gasteiger partial charge in [-0.3, -0.25) is 0 Å². The highest BCUT2D eigenvalue weighted by atomic mass is 16.5. The molecule has 0 aromatic heterocycles. The van der Waals surface area contributed by atoms with E-state index in [2.05, 4.69) is 24.3 Å². The standard InChI is InChI=1S/C15H21NO/c16-15(7-1-2-8-15)14-5-3-12(4-6-14)9-13-10-17-11-13/h3-6,13H,1-2,7-11,16H2. The quantitative estimate of drug-likeness (QED) is 0.868. The van der Waals surface area contributed by atoms with E-state index in [0.29, 0.717) is 0 Å². The first-order chi connectivity index (χ1) is 8.26.